The number of fused-ring (bicyclic) bond motifs is 1. The molecule has 1 unspecified atom stereocenters. The van der Waals surface area contributed by atoms with Gasteiger partial charge in [0.25, 0.3) is 5.91 Å². The van der Waals surface area contributed by atoms with Crippen LogP contribution in [0.25, 0.3) is 0 Å². The van der Waals surface area contributed by atoms with E-state index in [1.165, 1.54) is 18.4 Å². The SMILES string of the molecule is CC(C)CCCNC(C)c1ccc2c(c1)NC(=O)CO2. The number of amides is 1. The number of hydrogen-bond acceptors (Lipinski definition) is 3. The largest absolute Gasteiger partial charge is 0.482 e. The molecule has 2 rings (SSSR count). The minimum Gasteiger partial charge on any atom is -0.482 e. The second-order valence-corrected chi connectivity index (χ2v) is 5.80. The summed E-state index contributed by atoms with van der Waals surface area (Å²) in [5.41, 5.74) is 1.94. The van der Waals surface area contributed by atoms with Crippen LogP contribution in [0.15, 0.2) is 18.2 Å². The van der Waals surface area contributed by atoms with E-state index in [0.717, 1.165) is 23.9 Å². The number of carbonyl (C=O) groups is 1. The van der Waals surface area contributed by atoms with Crippen LogP contribution in [-0.2, 0) is 4.79 Å². The molecule has 110 valence electrons. The quantitative estimate of drug-likeness (QED) is 0.785. The zero-order valence-electron chi connectivity index (χ0n) is 12.5. The Morgan fingerprint density at radius 3 is 2.90 bits per heavy atom. The maximum Gasteiger partial charge on any atom is 0.262 e. The van der Waals surface area contributed by atoms with Crippen molar-refractivity contribution in [1.82, 2.24) is 5.32 Å². The fourth-order valence-electron chi connectivity index (χ4n) is 2.32. The maximum atomic E-state index is 11.3. The molecule has 4 heteroatoms. The number of hydrogen-bond donors (Lipinski definition) is 2. The van der Waals surface area contributed by atoms with Gasteiger partial charge in [-0.05, 0) is 49.9 Å². The third-order valence-corrected chi connectivity index (χ3v) is 3.55. The standard InChI is InChI=1S/C16H24N2O2/c1-11(2)5-4-8-17-12(3)13-6-7-15-14(9-13)18-16(19)10-20-15/h6-7,9,11-12,17H,4-5,8,10H2,1-3H3,(H,18,19). The van der Waals surface area contributed by atoms with E-state index in [4.69, 9.17) is 4.74 Å². The molecule has 0 bridgehead atoms. The average Bonchev–Trinajstić information content (AvgIpc) is 2.42. The minimum absolute atomic E-state index is 0.0906. The topological polar surface area (TPSA) is 50.4 Å². The molecule has 0 aliphatic carbocycles. The van der Waals surface area contributed by atoms with Crippen molar-refractivity contribution >= 4 is 11.6 Å². The number of carbonyl (C=O) groups excluding carboxylic acids is 1. The summed E-state index contributed by atoms with van der Waals surface area (Å²) in [5, 5.41) is 6.36. The molecule has 1 aliphatic rings. The van der Waals surface area contributed by atoms with Gasteiger partial charge < -0.3 is 15.4 Å². The van der Waals surface area contributed by atoms with E-state index in [-0.39, 0.29) is 18.6 Å². The first kappa shape index (κ1) is 14.9. The van der Waals surface area contributed by atoms with Crippen LogP contribution in [0.3, 0.4) is 0 Å². The van der Waals surface area contributed by atoms with Gasteiger partial charge >= 0.3 is 0 Å². The summed E-state index contributed by atoms with van der Waals surface area (Å²) in [6, 6.07) is 6.24. The predicted molar refractivity (Wildman–Crippen MR) is 81.1 cm³/mol. The van der Waals surface area contributed by atoms with Gasteiger partial charge in [0.1, 0.15) is 5.75 Å². The van der Waals surface area contributed by atoms with Crippen LogP contribution in [0.4, 0.5) is 5.69 Å². The van der Waals surface area contributed by atoms with Crippen LogP contribution in [0.2, 0.25) is 0 Å². The van der Waals surface area contributed by atoms with Crippen molar-refractivity contribution in [2.24, 2.45) is 5.92 Å². The lowest BCUT2D eigenvalue weighted by Crippen LogP contribution is -2.26. The normalized spacial score (nSPS) is 15.5. The van der Waals surface area contributed by atoms with Gasteiger partial charge in [-0.25, -0.2) is 0 Å². The lowest BCUT2D eigenvalue weighted by atomic mass is 10.1. The molecule has 2 N–H and O–H groups in total. The Balaban J connectivity index is 1.91. The molecule has 1 amide bonds. The van der Waals surface area contributed by atoms with Crippen molar-refractivity contribution in [3.63, 3.8) is 0 Å². The number of rotatable bonds is 6. The molecule has 0 radical (unpaired) electrons. The monoisotopic (exact) mass is 276 g/mol. The van der Waals surface area contributed by atoms with Crippen LogP contribution in [0.1, 0.15) is 45.2 Å². The van der Waals surface area contributed by atoms with Gasteiger partial charge in [-0.15, -0.1) is 0 Å². The van der Waals surface area contributed by atoms with E-state index in [2.05, 4.69) is 37.5 Å². The Bertz CT molecular complexity index is 472. The van der Waals surface area contributed by atoms with Crippen LogP contribution >= 0.6 is 0 Å². The molecule has 1 atom stereocenters. The molecular weight excluding hydrogens is 252 g/mol. The van der Waals surface area contributed by atoms with Crippen molar-refractivity contribution in [3.8, 4) is 5.75 Å². The zero-order valence-corrected chi connectivity index (χ0v) is 12.5. The summed E-state index contributed by atoms with van der Waals surface area (Å²) in [6.07, 6.45) is 2.43. The highest BCUT2D eigenvalue weighted by atomic mass is 16.5. The average molecular weight is 276 g/mol. The summed E-state index contributed by atoms with van der Waals surface area (Å²) < 4.78 is 5.36. The molecule has 0 saturated heterocycles. The molecule has 1 aliphatic heterocycles. The van der Waals surface area contributed by atoms with Gasteiger partial charge in [0, 0.05) is 6.04 Å². The second kappa shape index (κ2) is 6.75. The summed E-state index contributed by atoms with van der Waals surface area (Å²) in [7, 11) is 0. The Morgan fingerprint density at radius 1 is 1.35 bits per heavy atom. The van der Waals surface area contributed by atoms with E-state index in [1.54, 1.807) is 0 Å². The highest BCUT2D eigenvalue weighted by Crippen LogP contribution is 2.30. The molecule has 0 saturated carbocycles. The number of benzene rings is 1. The van der Waals surface area contributed by atoms with Gasteiger partial charge in [-0.3, -0.25) is 4.79 Å². The Kier molecular flexibility index (Phi) is 5.01. The Hall–Kier alpha value is -1.55. The molecule has 0 aromatic heterocycles. The van der Waals surface area contributed by atoms with Gasteiger partial charge in [0.15, 0.2) is 6.61 Å². The van der Waals surface area contributed by atoms with Crippen LogP contribution in [-0.4, -0.2) is 19.1 Å². The summed E-state index contributed by atoms with van der Waals surface area (Å²) in [4.78, 5) is 11.3. The number of anilines is 1. The van der Waals surface area contributed by atoms with E-state index < -0.39 is 0 Å². The third-order valence-electron chi connectivity index (χ3n) is 3.55. The summed E-state index contributed by atoms with van der Waals surface area (Å²) in [6.45, 7) is 7.75. The number of nitrogens with one attached hydrogen (secondary N) is 2. The van der Waals surface area contributed by atoms with Gasteiger partial charge in [-0.1, -0.05) is 19.9 Å². The highest BCUT2D eigenvalue weighted by molar-refractivity contribution is 5.95. The van der Waals surface area contributed by atoms with E-state index in [1.807, 2.05) is 12.1 Å². The minimum atomic E-state index is -0.0906. The fraction of sp³-hybridized carbons (Fsp3) is 0.562. The summed E-state index contributed by atoms with van der Waals surface area (Å²) >= 11 is 0. The molecule has 20 heavy (non-hydrogen) atoms. The lowest BCUT2D eigenvalue weighted by molar-refractivity contribution is -0.118. The highest BCUT2D eigenvalue weighted by Gasteiger charge is 2.17. The Morgan fingerprint density at radius 2 is 2.15 bits per heavy atom. The summed E-state index contributed by atoms with van der Waals surface area (Å²) in [5.74, 6) is 1.41. The Labute approximate surface area is 120 Å². The molecule has 0 spiro atoms. The molecule has 1 aromatic carbocycles. The van der Waals surface area contributed by atoms with Gasteiger partial charge in [0.05, 0.1) is 5.69 Å². The van der Waals surface area contributed by atoms with Crippen molar-refractivity contribution in [2.45, 2.75) is 39.7 Å². The van der Waals surface area contributed by atoms with Gasteiger partial charge in [-0.2, -0.15) is 0 Å². The van der Waals surface area contributed by atoms with Crippen LogP contribution < -0.4 is 15.4 Å². The van der Waals surface area contributed by atoms with E-state index in [9.17, 15) is 4.79 Å². The van der Waals surface area contributed by atoms with Crippen molar-refractivity contribution in [2.75, 3.05) is 18.5 Å². The van der Waals surface area contributed by atoms with Crippen molar-refractivity contribution in [3.05, 3.63) is 23.8 Å². The van der Waals surface area contributed by atoms with Crippen LogP contribution in [0.5, 0.6) is 5.75 Å². The smallest absolute Gasteiger partial charge is 0.262 e. The lowest BCUT2D eigenvalue weighted by Gasteiger charge is -2.21. The van der Waals surface area contributed by atoms with Crippen molar-refractivity contribution in [1.29, 1.82) is 0 Å². The van der Waals surface area contributed by atoms with Crippen molar-refractivity contribution < 1.29 is 9.53 Å². The first-order valence-electron chi connectivity index (χ1n) is 7.36. The first-order chi connectivity index (χ1) is 9.56. The predicted octanol–water partition coefficient (Wildman–Crippen LogP) is 3.10. The fourth-order valence-corrected chi connectivity index (χ4v) is 2.32. The molecule has 1 heterocycles. The van der Waals surface area contributed by atoms with Gasteiger partial charge in [0.2, 0.25) is 0 Å². The maximum absolute atomic E-state index is 11.3. The molecule has 1 aromatic rings. The number of ether oxygens (including phenoxy) is 1. The van der Waals surface area contributed by atoms with Crippen LogP contribution in [0, 0.1) is 5.92 Å². The molecular formula is C16H24N2O2. The first-order valence-corrected chi connectivity index (χ1v) is 7.36. The molecule has 0 fully saturated rings. The zero-order chi connectivity index (χ0) is 14.5. The molecule has 4 nitrogen and oxygen atoms in total. The third kappa shape index (κ3) is 3.97. The van der Waals surface area contributed by atoms with E-state index in [0.29, 0.717) is 0 Å². The van der Waals surface area contributed by atoms with E-state index >= 15 is 0 Å². The second-order valence-electron chi connectivity index (χ2n) is 5.80.